The van der Waals surface area contributed by atoms with Gasteiger partial charge in [-0.15, -0.1) is 11.3 Å². The Morgan fingerprint density at radius 3 is 2.27 bits per heavy atom. The molecule has 0 aliphatic rings. The number of hydrogen-bond acceptors (Lipinski definition) is 4. The predicted octanol–water partition coefficient (Wildman–Crippen LogP) is 5.28. The van der Waals surface area contributed by atoms with Crippen LogP contribution in [-0.4, -0.2) is 23.7 Å². The molecule has 1 aromatic carbocycles. The highest BCUT2D eigenvalue weighted by atomic mass is 32.1. The first-order chi connectivity index (χ1) is 13.9. The van der Waals surface area contributed by atoms with Gasteiger partial charge in [-0.2, -0.15) is 0 Å². The van der Waals surface area contributed by atoms with Crippen LogP contribution < -0.4 is 10.5 Å². The van der Waals surface area contributed by atoms with Crippen molar-refractivity contribution in [2.24, 2.45) is 11.1 Å². The Kier molecular flexibility index (Phi) is 7.75. The van der Waals surface area contributed by atoms with Gasteiger partial charge in [-0.1, -0.05) is 46.8 Å². The molecule has 0 saturated heterocycles. The van der Waals surface area contributed by atoms with Crippen LogP contribution in [0.3, 0.4) is 0 Å². The number of rotatable bonds is 9. The van der Waals surface area contributed by atoms with E-state index < -0.39 is 6.10 Å². The average Bonchev–Trinajstić information content (AvgIpc) is 3.01. The second-order valence-corrected chi connectivity index (χ2v) is 10.5. The molecule has 1 amide bonds. The third-order valence-electron chi connectivity index (χ3n) is 6.16. The predicted molar refractivity (Wildman–Crippen MR) is 125 cm³/mol. The average molecular weight is 432 g/mol. The lowest BCUT2D eigenvalue weighted by molar-refractivity contribution is -0.117. The molecule has 0 fully saturated rings. The Morgan fingerprint density at radius 1 is 1.13 bits per heavy atom. The number of primary amides is 1. The Morgan fingerprint density at radius 2 is 1.77 bits per heavy atom. The monoisotopic (exact) mass is 431 g/mol. The summed E-state index contributed by atoms with van der Waals surface area (Å²) in [7, 11) is 0. The fourth-order valence-corrected chi connectivity index (χ4v) is 5.30. The molecule has 2 rings (SSSR count). The van der Waals surface area contributed by atoms with E-state index in [2.05, 4.69) is 45.9 Å². The van der Waals surface area contributed by atoms with Crippen molar-refractivity contribution in [3.63, 3.8) is 0 Å². The third kappa shape index (κ3) is 5.25. The van der Waals surface area contributed by atoms with Crippen molar-refractivity contribution in [2.45, 2.75) is 79.2 Å². The molecule has 0 saturated carbocycles. The van der Waals surface area contributed by atoms with E-state index in [-0.39, 0.29) is 23.3 Å². The Labute approximate surface area is 185 Å². The van der Waals surface area contributed by atoms with E-state index in [4.69, 9.17) is 10.5 Å². The van der Waals surface area contributed by atoms with Gasteiger partial charge in [0.1, 0.15) is 12.4 Å². The van der Waals surface area contributed by atoms with Gasteiger partial charge in [-0.05, 0) is 60.9 Å². The molecule has 2 aromatic rings. The maximum Gasteiger partial charge on any atom is 0.222 e. The Hall–Kier alpha value is -1.85. The maximum atomic E-state index is 11.4. The second-order valence-electron chi connectivity index (χ2n) is 9.32. The molecule has 166 valence electrons. The molecule has 1 atom stereocenters. The summed E-state index contributed by atoms with van der Waals surface area (Å²) in [5.41, 5.74) is 8.55. The highest BCUT2D eigenvalue weighted by molar-refractivity contribution is 7.12. The van der Waals surface area contributed by atoms with Crippen LogP contribution in [0.1, 0.15) is 73.9 Å². The molecule has 4 nitrogen and oxygen atoms in total. The van der Waals surface area contributed by atoms with Crippen molar-refractivity contribution < 1.29 is 14.6 Å². The summed E-state index contributed by atoms with van der Waals surface area (Å²) < 4.78 is 5.93. The SMILES string of the molecule is CCC(CC)(c1ccc(OCC(O)C(C)(C)C)c(C)c1)c1cc(C)c(CC(N)=O)s1. The number of aliphatic hydroxyl groups excluding tert-OH is 1. The zero-order valence-corrected chi connectivity index (χ0v) is 20.3. The number of benzene rings is 1. The summed E-state index contributed by atoms with van der Waals surface area (Å²) in [6, 6.07) is 8.58. The number of thiophene rings is 1. The van der Waals surface area contributed by atoms with Crippen LogP contribution in [-0.2, 0) is 16.6 Å². The number of ether oxygens (including phenoxy) is 1. The summed E-state index contributed by atoms with van der Waals surface area (Å²) in [4.78, 5) is 13.8. The smallest absolute Gasteiger partial charge is 0.222 e. The molecule has 30 heavy (non-hydrogen) atoms. The zero-order chi connectivity index (χ0) is 22.7. The van der Waals surface area contributed by atoms with Crippen molar-refractivity contribution in [2.75, 3.05) is 6.61 Å². The first-order valence-corrected chi connectivity index (χ1v) is 11.6. The molecule has 0 radical (unpaired) electrons. The maximum absolute atomic E-state index is 11.4. The number of carbonyl (C=O) groups is 1. The van der Waals surface area contributed by atoms with E-state index in [1.165, 1.54) is 10.4 Å². The van der Waals surface area contributed by atoms with Crippen LogP contribution >= 0.6 is 11.3 Å². The van der Waals surface area contributed by atoms with E-state index in [1.54, 1.807) is 11.3 Å². The van der Waals surface area contributed by atoms with Crippen LogP contribution in [0.4, 0.5) is 0 Å². The van der Waals surface area contributed by atoms with E-state index in [0.29, 0.717) is 6.42 Å². The van der Waals surface area contributed by atoms with Crippen molar-refractivity contribution in [1.82, 2.24) is 0 Å². The van der Waals surface area contributed by atoms with Gasteiger partial charge in [0.2, 0.25) is 5.91 Å². The topological polar surface area (TPSA) is 72.6 Å². The highest BCUT2D eigenvalue weighted by Crippen LogP contribution is 2.44. The number of aliphatic hydroxyl groups is 1. The lowest BCUT2D eigenvalue weighted by Gasteiger charge is -2.32. The van der Waals surface area contributed by atoms with Gasteiger partial charge in [0.05, 0.1) is 12.5 Å². The Balaban J connectivity index is 2.36. The van der Waals surface area contributed by atoms with Crippen LogP contribution in [0.25, 0.3) is 0 Å². The first-order valence-electron chi connectivity index (χ1n) is 10.7. The second kappa shape index (κ2) is 9.52. The number of nitrogens with two attached hydrogens (primary N) is 1. The molecule has 0 spiro atoms. The van der Waals surface area contributed by atoms with Gasteiger partial charge in [0.15, 0.2) is 0 Å². The highest BCUT2D eigenvalue weighted by Gasteiger charge is 2.33. The van der Waals surface area contributed by atoms with Crippen LogP contribution in [0.2, 0.25) is 0 Å². The van der Waals surface area contributed by atoms with E-state index >= 15 is 0 Å². The summed E-state index contributed by atoms with van der Waals surface area (Å²) >= 11 is 1.70. The van der Waals surface area contributed by atoms with Gasteiger partial charge in [0.25, 0.3) is 0 Å². The van der Waals surface area contributed by atoms with Crippen molar-refractivity contribution in [1.29, 1.82) is 0 Å². The van der Waals surface area contributed by atoms with Gasteiger partial charge in [-0.25, -0.2) is 0 Å². The molecule has 1 aromatic heterocycles. The van der Waals surface area contributed by atoms with Crippen LogP contribution in [0.15, 0.2) is 24.3 Å². The van der Waals surface area contributed by atoms with Gasteiger partial charge >= 0.3 is 0 Å². The molecule has 1 unspecified atom stereocenters. The number of amides is 1. The minimum atomic E-state index is -0.528. The third-order valence-corrected chi connectivity index (χ3v) is 7.60. The molecular weight excluding hydrogens is 394 g/mol. The standard InChI is InChI=1S/C25H37NO3S/c1-8-25(9-2,22-13-17(4)20(30-22)14-23(26)28)18-10-11-19(16(3)12-18)29-15-21(27)24(5,6)7/h10-13,21,27H,8-9,14-15H2,1-7H3,(H2,26,28). The molecule has 0 bridgehead atoms. The molecular formula is C25H37NO3S. The molecule has 1 heterocycles. The van der Waals surface area contributed by atoms with E-state index in [9.17, 15) is 9.90 Å². The van der Waals surface area contributed by atoms with E-state index in [0.717, 1.165) is 34.6 Å². The Bertz CT molecular complexity index is 875. The van der Waals surface area contributed by atoms with Crippen LogP contribution in [0.5, 0.6) is 5.75 Å². The minimum Gasteiger partial charge on any atom is -0.491 e. The normalized spacial score (nSPS) is 13.3. The summed E-state index contributed by atoms with van der Waals surface area (Å²) in [6.45, 7) is 14.8. The largest absolute Gasteiger partial charge is 0.491 e. The number of aryl methyl sites for hydroxylation is 2. The first kappa shape index (κ1) is 24.4. The van der Waals surface area contributed by atoms with Gasteiger partial charge < -0.3 is 15.6 Å². The lowest BCUT2D eigenvalue weighted by atomic mass is 9.74. The van der Waals surface area contributed by atoms with Crippen LogP contribution in [0, 0.1) is 19.3 Å². The zero-order valence-electron chi connectivity index (χ0n) is 19.5. The fourth-order valence-electron chi connectivity index (χ4n) is 3.77. The summed E-state index contributed by atoms with van der Waals surface area (Å²) in [6.07, 6.45) is 1.69. The minimum absolute atomic E-state index is 0.112. The molecule has 5 heteroatoms. The number of carbonyl (C=O) groups excluding carboxylic acids is 1. The summed E-state index contributed by atoms with van der Waals surface area (Å²) in [5, 5.41) is 10.3. The van der Waals surface area contributed by atoms with Crippen molar-refractivity contribution in [3.05, 3.63) is 50.7 Å². The van der Waals surface area contributed by atoms with Gasteiger partial charge in [-0.3, -0.25) is 4.79 Å². The van der Waals surface area contributed by atoms with Crippen molar-refractivity contribution in [3.8, 4) is 5.75 Å². The molecule has 0 aliphatic heterocycles. The van der Waals surface area contributed by atoms with E-state index in [1.807, 2.05) is 26.8 Å². The summed E-state index contributed by atoms with van der Waals surface area (Å²) in [5.74, 6) is 0.514. The molecule has 0 aliphatic carbocycles. The number of hydrogen-bond donors (Lipinski definition) is 2. The van der Waals surface area contributed by atoms with Crippen molar-refractivity contribution >= 4 is 17.2 Å². The lowest BCUT2D eigenvalue weighted by Crippen LogP contribution is -2.32. The fraction of sp³-hybridized carbons (Fsp3) is 0.560. The quantitative estimate of drug-likeness (QED) is 0.567. The molecule has 3 N–H and O–H groups in total. The van der Waals surface area contributed by atoms with Gasteiger partial charge in [0, 0.05) is 15.2 Å².